The highest BCUT2D eigenvalue weighted by Crippen LogP contribution is 2.42. The molecule has 0 fully saturated rings. The van der Waals surface area contributed by atoms with Crippen LogP contribution in [0.1, 0.15) is 72.3 Å². The minimum absolute atomic E-state index is 0.0204. The van der Waals surface area contributed by atoms with Crippen LogP contribution >= 0.6 is 0 Å². The second-order valence-electron chi connectivity index (χ2n) is 9.57. The normalized spacial score (nSPS) is 15.8. The average molecular weight is 575 g/mol. The lowest BCUT2D eigenvalue weighted by atomic mass is 9.96. The first-order valence-corrected chi connectivity index (χ1v) is 12.3. The number of rotatable bonds is 6. The Morgan fingerprint density at radius 2 is 1.65 bits per heavy atom. The number of ether oxygens (including phenoxy) is 2. The van der Waals surface area contributed by atoms with E-state index in [1.165, 1.54) is 24.1 Å². The van der Waals surface area contributed by atoms with Gasteiger partial charge in [-0.05, 0) is 62.6 Å². The second kappa shape index (κ2) is 11.8. The Bertz CT molecular complexity index is 1240. The Kier molecular flexibility index (Phi) is 9.05. The highest BCUT2D eigenvalue weighted by Gasteiger charge is 2.38. The lowest BCUT2D eigenvalue weighted by molar-refractivity contribution is -0.143. The zero-order valence-corrected chi connectivity index (χ0v) is 22.2. The molecule has 0 spiro atoms. The maximum Gasteiger partial charge on any atom is 0.416 e. The van der Waals surface area contributed by atoms with E-state index in [-0.39, 0.29) is 41.6 Å². The van der Waals surface area contributed by atoms with E-state index >= 15 is 0 Å². The summed E-state index contributed by atoms with van der Waals surface area (Å²) in [6.45, 7) is 3.97. The van der Waals surface area contributed by atoms with E-state index in [0.717, 1.165) is 11.8 Å². The molecule has 2 amide bonds. The summed E-state index contributed by atoms with van der Waals surface area (Å²) in [6.07, 6.45) is -10.3. The van der Waals surface area contributed by atoms with Gasteiger partial charge in [0.1, 0.15) is 5.75 Å². The predicted octanol–water partition coefficient (Wildman–Crippen LogP) is 6.78. The van der Waals surface area contributed by atoms with Crippen molar-refractivity contribution >= 4 is 24.0 Å². The number of amides is 2. The van der Waals surface area contributed by atoms with Crippen LogP contribution < -0.4 is 9.64 Å². The van der Waals surface area contributed by atoms with Crippen molar-refractivity contribution in [2.24, 2.45) is 0 Å². The molecule has 1 aliphatic rings. The van der Waals surface area contributed by atoms with Crippen molar-refractivity contribution in [3.05, 3.63) is 58.1 Å². The molecule has 1 atom stereocenters. The van der Waals surface area contributed by atoms with Crippen LogP contribution in [0.15, 0.2) is 30.3 Å². The average Bonchev–Trinajstić information content (AvgIpc) is 3.03. The van der Waals surface area contributed by atoms with Gasteiger partial charge in [0, 0.05) is 25.6 Å². The molecule has 0 radical (unpaired) electrons. The minimum atomic E-state index is -5.05. The summed E-state index contributed by atoms with van der Waals surface area (Å²) in [5, 5.41) is 0. The van der Waals surface area contributed by atoms with Crippen LogP contribution in [0.2, 0.25) is 0 Å². The summed E-state index contributed by atoms with van der Waals surface area (Å²) >= 11 is 0. The van der Waals surface area contributed by atoms with Crippen LogP contribution in [0.5, 0.6) is 5.75 Å². The number of fused-ring (bicyclic) bond motifs is 1. The Labute approximate surface area is 226 Å². The maximum absolute atomic E-state index is 13.5. The van der Waals surface area contributed by atoms with Crippen molar-refractivity contribution in [2.75, 3.05) is 18.6 Å². The number of anilines is 1. The lowest BCUT2D eigenvalue weighted by Crippen LogP contribution is -2.35. The molecular formula is C27H28F6N2O5. The van der Waals surface area contributed by atoms with Crippen LogP contribution in [0.3, 0.4) is 0 Å². The van der Waals surface area contributed by atoms with Crippen LogP contribution in [0.4, 0.5) is 36.8 Å². The molecule has 1 heterocycles. The first kappa shape index (κ1) is 30.8. The molecule has 1 unspecified atom stereocenters. The van der Waals surface area contributed by atoms with Gasteiger partial charge in [-0.15, -0.1) is 0 Å². The highest BCUT2D eigenvalue weighted by molar-refractivity contribution is 5.92. The highest BCUT2D eigenvalue weighted by atomic mass is 19.4. The van der Waals surface area contributed by atoms with E-state index < -0.39 is 54.2 Å². The fourth-order valence-corrected chi connectivity index (χ4v) is 4.62. The van der Waals surface area contributed by atoms with E-state index in [1.54, 1.807) is 13.8 Å². The van der Waals surface area contributed by atoms with Gasteiger partial charge in [-0.3, -0.25) is 14.5 Å². The molecule has 1 aliphatic heterocycles. The third-order valence-electron chi connectivity index (χ3n) is 6.35. The zero-order valence-electron chi connectivity index (χ0n) is 22.2. The van der Waals surface area contributed by atoms with Crippen molar-refractivity contribution < 1.29 is 50.2 Å². The molecule has 40 heavy (non-hydrogen) atoms. The number of alkyl halides is 6. The largest absolute Gasteiger partial charge is 0.496 e. The minimum Gasteiger partial charge on any atom is -0.496 e. The molecule has 2 aromatic carbocycles. The molecule has 13 heteroatoms. The molecule has 0 bridgehead atoms. The number of benzene rings is 2. The van der Waals surface area contributed by atoms with Gasteiger partial charge in [0.2, 0.25) is 5.91 Å². The number of methoxy groups -OCH3 is 1. The molecule has 3 rings (SSSR count). The summed E-state index contributed by atoms with van der Waals surface area (Å²) in [7, 11) is 1.30. The Hall–Kier alpha value is -3.77. The molecule has 0 saturated carbocycles. The summed E-state index contributed by atoms with van der Waals surface area (Å²) in [5.74, 6) is -0.515. The van der Waals surface area contributed by atoms with Crippen LogP contribution in [-0.4, -0.2) is 42.9 Å². The van der Waals surface area contributed by atoms with Crippen LogP contribution in [0, 0.1) is 0 Å². The van der Waals surface area contributed by atoms with Gasteiger partial charge >= 0.3 is 18.4 Å². The quantitative estimate of drug-likeness (QED) is 0.281. The van der Waals surface area contributed by atoms with Crippen molar-refractivity contribution in [3.8, 4) is 5.75 Å². The summed E-state index contributed by atoms with van der Waals surface area (Å²) in [5.41, 5.74) is -2.76. The molecule has 0 aliphatic carbocycles. The Morgan fingerprint density at radius 1 is 1.05 bits per heavy atom. The van der Waals surface area contributed by atoms with E-state index in [0.29, 0.717) is 30.4 Å². The SMILES string of the molecule is COc1cc2c(cc1C=O)N(C(=O)OC(C)C)CCCC2N(Cc1cc(C(F)(F)F)cc(C(F)(F)F)c1)C(C)=O. The maximum atomic E-state index is 13.5. The van der Waals surface area contributed by atoms with Gasteiger partial charge in [-0.1, -0.05) is 0 Å². The number of hydrogen-bond donors (Lipinski definition) is 0. The lowest BCUT2D eigenvalue weighted by Gasteiger charge is -2.33. The van der Waals surface area contributed by atoms with Gasteiger partial charge in [0.05, 0.1) is 41.6 Å². The van der Waals surface area contributed by atoms with Crippen LogP contribution in [0.25, 0.3) is 0 Å². The van der Waals surface area contributed by atoms with Gasteiger partial charge < -0.3 is 14.4 Å². The molecule has 0 aromatic heterocycles. The van der Waals surface area contributed by atoms with Crippen molar-refractivity contribution in [1.29, 1.82) is 0 Å². The smallest absolute Gasteiger partial charge is 0.416 e. The number of carbonyl (C=O) groups is 3. The van der Waals surface area contributed by atoms with Gasteiger partial charge in [0.15, 0.2) is 6.29 Å². The van der Waals surface area contributed by atoms with Crippen molar-refractivity contribution in [3.63, 3.8) is 0 Å². The standard InChI is InChI=1S/C27H28F6N2O5/c1-15(2)40-25(38)34-7-5-6-22(21-12-24(39-4)18(14-36)10-23(21)34)35(16(3)37)13-17-8-19(26(28,29)30)11-20(9-17)27(31,32)33/h8-12,14-15,22H,5-7,13H2,1-4H3. The predicted molar refractivity (Wildman–Crippen MR) is 132 cm³/mol. The van der Waals surface area contributed by atoms with E-state index in [1.807, 2.05) is 0 Å². The van der Waals surface area contributed by atoms with Gasteiger partial charge in [-0.25, -0.2) is 4.79 Å². The topological polar surface area (TPSA) is 76.2 Å². The summed E-state index contributed by atoms with van der Waals surface area (Å²) in [4.78, 5) is 40.0. The first-order chi connectivity index (χ1) is 18.6. The molecule has 0 N–H and O–H groups in total. The molecule has 7 nitrogen and oxygen atoms in total. The zero-order chi connectivity index (χ0) is 30.0. The number of nitrogens with zero attached hydrogens (tertiary/aromatic N) is 2. The summed E-state index contributed by atoms with van der Waals surface area (Å²) in [6, 6.07) is 3.10. The molecule has 0 saturated heterocycles. The third kappa shape index (κ3) is 6.86. The van der Waals surface area contributed by atoms with E-state index in [9.17, 15) is 40.7 Å². The van der Waals surface area contributed by atoms with Gasteiger partial charge in [0.25, 0.3) is 0 Å². The first-order valence-electron chi connectivity index (χ1n) is 12.3. The molecular weight excluding hydrogens is 546 g/mol. The van der Waals surface area contributed by atoms with Crippen molar-refractivity contribution in [1.82, 2.24) is 4.90 Å². The third-order valence-corrected chi connectivity index (χ3v) is 6.35. The summed E-state index contributed by atoms with van der Waals surface area (Å²) < 4.78 is 91.4. The number of halogens is 6. The molecule has 218 valence electrons. The number of hydrogen-bond acceptors (Lipinski definition) is 5. The van der Waals surface area contributed by atoms with Gasteiger partial charge in [-0.2, -0.15) is 26.3 Å². The van der Waals surface area contributed by atoms with Crippen molar-refractivity contribution in [2.45, 2.75) is 64.7 Å². The Morgan fingerprint density at radius 3 is 2.12 bits per heavy atom. The monoisotopic (exact) mass is 574 g/mol. The Balaban J connectivity index is 2.17. The molecule has 2 aromatic rings. The fraction of sp³-hybridized carbons (Fsp3) is 0.444. The van der Waals surface area contributed by atoms with E-state index in [2.05, 4.69) is 0 Å². The fourth-order valence-electron chi connectivity index (χ4n) is 4.62. The number of aldehydes is 1. The number of carbonyl (C=O) groups excluding carboxylic acids is 3. The van der Waals surface area contributed by atoms with Crippen LogP contribution in [-0.2, 0) is 28.4 Å². The van der Waals surface area contributed by atoms with E-state index in [4.69, 9.17) is 9.47 Å². The second-order valence-corrected chi connectivity index (χ2v) is 9.57.